The maximum atomic E-state index is 12.7. The summed E-state index contributed by atoms with van der Waals surface area (Å²) in [5, 5.41) is 3.00. The van der Waals surface area contributed by atoms with Gasteiger partial charge in [-0.2, -0.15) is 0 Å². The number of anilines is 1. The van der Waals surface area contributed by atoms with E-state index in [2.05, 4.69) is 24.4 Å². The molecule has 1 amide bonds. The predicted octanol–water partition coefficient (Wildman–Crippen LogP) is 5.59. The Balaban J connectivity index is 1.36. The molecule has 1 saturated carbocycles. The van der Waals surface area contributed by atoms with Crippen molar-refractivity contribution < 1.29 is 4.79 Å². The van der Waals surface area contributed by atoms with Gasteiger partial charge in [-0.1, -0.05) is 25.5 Å². The normalized spacial score (nSPS) is 19.8. The zero-order valence-electron chi connectivity index (χ0n) is 16.2. The fraction of sp³-hybridized carbons (Fsp3) is 0.375. The summed E-state index contributed by atoms with van der Waals surface area (Å²) in [6, 6.07) is 13.8. The molecule has 3 aromatic rings. The summed E-state index contributed by atoms with van der Waals surface area (Å²) in [6.45, 7) is 2.20. The highest BCUT2D eigenvalue weighted by atomic mass is 16.1. The van der Waals surface area contributed by atoms with Crippen molar-refractivity contribution in [2.75, 3.05) is 5.32 Å². The van der Waals surface area contributed by atoms with Gasteiger partial charge in [-0.15, -0.1) is 0 Å². The van der Waals surface area contributed by atoms with Crippen LogP contribution in [0.4, 0.5) is 5.69 Å². The van der Waals surface area contributed by atoms with Gasteiger partial charge in [0.05, 0.1) is 22.4 Å². The third kappa shape index (κ3) is 3.07. The molecule has 2 atom stereocenters. The Labute approximate surface area is 165 Å². The number of benzene rings is 2. The minimum absolute atomic E-state index is 0.105. The summed E-state index contributed by atoms with van der Waals surface area (Å²) in [7, 11) is 0. The molecule has 28 heavy (non-hydrogen) atoms. The van der Waals surface area contributed by atoms with Crippen LogP contribution in [0.15, 0.2) is 42.5 Å². The molecule has 4 nitrogen and oxygen atoms in total. The summed E-state index contributed by atoms with van der Waals surface area (Å²) in [5.74, 6) is 1.06. The lowest BCUT2D eigenvalue weighted by atomic mass is 10.00. The fourth-order valence-corrected chi connectivity index (χ4v) is 4.64. The molecule has 0 radical (unpaired) electrons. The highest BCUT2D eigenvalue weighted by Gasteiger charge is 2.39. The number of nitrogens with one attached hydrogen (secondary N) is 1. The summed E-state index contributed by atoms with van der Waals surface area (Å²) >= 11 is 0. The maximum absolute atomic E-state index is 12.7. The number of carbonyl (C=O) groups excluding carboxylic acids is 1. The van der Waals surface area contributed by atoms with Crippen LogP contribution in [0.25, 0.3) is 11.0 Å². The van der Waals surface area contributed by atoms with E-state index >= 15 is 0 Å². The Morgan fingerprint density at radius 2 is 1.71 bits per heavy atom. The average Bonchev–Trinajstić information content (AvgIpc) is 3.34. The van der Waals surface area contributed by atoms with Gasteiger partial charge in [-0.25, -0.2) is 9.97 Å². The molecule has 1 heterocycles. The van der Waals surface area contributed by atoms with Crippen molar-refractivity contribution in [1.82, 2.24) is 9.97 Å². The molecule has 4 heteroatoms. The topological polar surface area (TPSA) is 54.9 Å². The third-order valence-corrected chi connectivity index (χ3v) is 6.22. The standard InChI is InChI=1S/C24H25N3O/c1-2-3-4-15-5-10-19(11-6-15)25-24(28)18-9-12-20-21(14-18)27-23-17-8-7-16(13-17)22(23)26-20/h5-6,9-12,14,16-17H,2-4,7-8,13H2,1H3,(H,25,28). The number of amides is 1. The molecule has 2 aliphatic carbocycles. The van der Waals surface area contributed by atoms with E-state index in [4.69, 9.17) is 9.97 Å². The monoisotopic (exact) mass is 371 g/mol. The molecule has 142 valence electrons. The Morgan fingerprint density at radius 1 is 1.00 bits per heavy atom. The van der Waals surface area contributed by atoms with Gasteiger partial charge in [0.2, 0.25) is 0 Å². The van der Waals surface area contributed by atoms with Crippen molar-refractivity contribution in [1.29, 1.82) is 0 Å². The molecular formula is C24H25N3O. The van der Waals surface area contributed by atoms with Crippen LogP contribution in [0.5, 0.6) is 0 Å². The molecular weight excluding hydrogens is 346 g/mol. The van der Waals surface area contributed by atoms with Crippen molar-refractivity contribution in [3.63, 3.8) is 0 Å². The van der Waals surface area contributed by atoms with Gasteiger partial charge in [-0.3, -0.25) is 4.79 Å². The number of hydrogen-bond donors (Lipinski definition) is 1. The number of fused-ring (bicyclic) bond motifs is 6. The fourth-order valence-electron chi connectivity index (χ4n) is 4.64. The first-order valence-electron chi connectivity index (χ1n) is 10.4. The van der Waals surface area contributed by atoms with E-state index in [1.54, 1.807) is 0 Å². The van der Waals surface area contributed by atoms with Gasteiger partial charge in [-0.05, 0) is 68.0 Å². The van der Waals surface area contributed by atoms with Gasteiger partial charge >= 0.3 is 0 Å². The van der Waals surface area contributed by atoms with Gasteiger partial charge in [0.25, 0.3) is 5.91 Å². The molecule has 1 aromatic heterocycles. The van der Waals surface area contributed by atoms with Crippen LogP contribution in [0, 0.1) is 0 Å². The van der Waals surface area contributed by atoms with Gasteiger partial charge < -0.3 is 5.32 Å². The molecule has 2 unspecified atom stereocenters. The van der Waals surface area contributed by atoms with Crippen molar-refractivity contribution >= 4 is 22.6 Å². The van der Waals surface area contributed by atoms with Crippen molar-refractivity contribution in [2.45, 2.75) is 57.3 Å². The van der Waals surface area contributed by atoms with E-state index in [1.165, 1.54) is 49.1 Å². The zero-order chi connectivity index (χ0) is 19.1. The Hall–Kier alpha value is -2.75. The number of aryl methyl sites for hydroxylation is 1. The third-order valence-electron chi connectivity index (χ3n) is 6.22. The lowest BCUT2D eigenvalue weighted by molar-refractivity contribution is 0.102. The van der Waals surface area contributed by atoms with Crippen molar-refractivity contribution in [3.05, 3.63) is 65.0 Å². The Kier molecular flexibility index (Phi) is 4.34. The molecule has 0 spiro atoms. The van der Waals surface area contributed by atoms with E-state index < -0.39 is 0 Å². The molecule has 2 aliphatic rings. The largest absolute Gasteiger partial charge is 0.322 e. The highest BCUT2D eigenvalue weighted by molar-refractivity contribution is 6.05. The van der Waals surface area contributed by atoms with Crippen molar-refractivity contribution in [3.8, 4) is 0 Å². The van der Waals surface area contributed by atoms with Gasteiger partial charge in [0, 0.05) is 23.1 Å². The lowest BCUT2D eigenvalue weighted by Crippen LogP contribution is -2.12. The Bertz CT molecular complexity index is 1040. The molecule has 0 saturated heterocycles. The first-order chi connectivity index (χ1) is 13.7. The first kappa shape index (κ1) is 17.4. The predicted molar refractivity (Wildman–Crippen MR) is 112 cm³/mol. The van der Waals surface area contributed by atoms with Crippen LogP contribution < -0.4 is 5.32 Å². The van der Waals surface area contributed by atoms with E-state index in [9.17, 15) is 4.79 Å². The smallest absolute Gasteiger partial charge is 0.255 e. The first-order valence-corrected chi connectivity index (χ1v) is 10.4. The van der Waals surface area contributed by atoms with Crippen LogP contribution in [0.2, 0.25) is 0 Å². The van der Waals surface area contributed by atoms with Crippen LogP contribution in [0.1, 0.15) is 78.2 Å². The lowest BCUT2D eigenvalue weighted by Gasteiger charge is -2.14. The van der Waals surface area contributed by atoms with Gasteiger partial charge in [0.1, 0.15) is 0 Å². The molecule has 0 aliphatic heterocycles. The zero-order valence-corrected chi connectivity index (χ0v) is 16.2. The number of unbranched alkanes of at least 4 members (excludes halogenated alkanes) is 1. The number of nitrogens with zero attached hydrogens (tertiary/aromatic N) is 2. The number of carbonyl (C=O) groups is 1. The average molecular weight is 371 g/mol. The van der Waals surface area contributed by atoms with E-state index in [-0.39, 0.29) is 5.91 Å². The van der Waals surface area contributed by atoms with Crippen molar-refractivity contribution in [2.24, 2.45) is 0 Å². The molecule has 5 rings (SSSR count). The minimum Gasteiger partial charge on any atom is -0.322 e. The van der Waals surface area contributed by atoms with Crippen LogP contribution in [-0.2, 0) is 6.42 Å². The maximum Gasteiger partial charge on any atom is 0.255 e. The van der Waals surface area contributed by atoms with Crippen LogP contribution in [0.3, 0.4) is 0 Å². The summed E-state index contributed by atoms with van der Waals surface area (Å²) < 4.78 is 0. The molecule has 1 fully saturated rings. The second kappa shape index (κ2) is 7.01. The van der Waals surface area contributed by atoms with Crippen LogP contribution in [-0.4, -0.2) is 15.9 Å². The minimum atomic E-state index is -0.105. The summed E-state index contributed by atoms with van der Waals surface area (Å²) in [4.78, 5) is 22.5. The Morgan fingerprint density at radius 3 is 2.43 bits per heavy atom. The van der Waals surface area contributed by atoms with Gasteiger partial charge in [0.15, 0.2) is 0 Å². The second-order valence-corrected chi connectivity index (χ2v) is 8.16. The molecule has 2 bridgehead atoms. The van der Waals surface area contributed by atoms with Crippen LogP contribution >= 0.6 is 0 Å². The van der Waals surface area contributed by atoms with E-state index in [1.807, 2.05) is 30.3 Å². The second-order valence-electron chi connectivity index (χ2n) is 8.16. The number of hydrogen-bond acceptors (Lipinski definition) is 3. The summed E-state index contributed by atoms with van der Waals surface area (Å²) in [6.07, 6.45) is 7.14. The SMILES string of the molecule is CCCCc1ccc(NC(=O)c2ccc3nc4c(nc3c2)C2CCC4C2)cc1. The van der Waals surface area contributed by atoms with E-state index in [0.29, 0.717) is 17.4 Å². The number of rotatable bonds is 5. The highest BCUT2D eigenvalue weighted by Crippen LogP contribution is 2.51. The quantitative estimate of drug-likeness (QED) is 0.636. The van der Waals surface area contributed by atoms with E-state index in [0.717, 1.165) is 23.1 Å². The number of aromatic nitrogens is 2. The molecule has 2 aromatic carbocycles. The summed E-state index contributed by atoms with van der Waals surface area (Å²) in [5.41, 5.74) is 6.84. The molecule has 1 N–H and O–H groups in total.